The monoisotopic (exact) mass is 374 g/mol. The molecular formula is C22H38N4O. The van der Waals surface area contributed by atoms with E-state index in [1.165, 1.54) is 58.2 Å². The average Bonchev–Trinajstić information content (AvgIpc) is 2.90. The first-order valence-corrected chi connectivity index (χ1v) is 10.8. The number of likely N-dealkylation sites (tertiary alicyclic amines) is 1. The minimum Gasteiger partial charge on any atom is -0.378 e. The molecule has 0 spiro atoms. The predicted molar refractivity (Wildman–Crippen MR) is 111 cm³/mol. The van der Waals surface area contributed by atoms with Crippen LogP contribution in [-0.2, 0) is 16.8 Å². The van der Waals surface area contributed by atoms with Crippen LogP contribution in [0.25, 0.3) is 0 Å². The van der Waals surface area contributed by atoms with Gasteiger partial charge in [0.2, 0.25) is 0 Å². The van der Waals surface area contributed by atoms with E-state index in [2.05, 4.69) is 36.6 Å². The number of methoxy groups -OCH3 is 1. The van der Waals surface area contributed by atoms with Crippen molar-refractivity contribution in [3.8, 4) is 0 Å². The minimum absolute atomic E-state index is 0.0558. The van der Waals surface area contributed by atoms with Gasteiger partial charge >= 0.3 is 0 Å². The fraction of sp³-hybridized carbons (Fsp3) is 0.818. The molecule has 2 aliphatic rings. The summed E-state index contributed by atoms with van der Waals surface area (Å²) in [5.41, 5.74) is 0.932. The lowest BCUT2D eigenvalue weighted by atomic mass is 9.95. The first-order valence-electron chi connectivity index (χ1n) is 10.8. The fourth-order valence-electron chi connectivity index (χ4n) is 4.31. The molecule has 0 radical (unpaired) electrons. The Morgan fingerprint density at radius 3 is 2.44 bits per heavy atom. The Bertz CT molecular complexity index is 590. The van der Waals surface area contributed by atoms with E-state index in [-0.39, 0.29) is 5.41 Å². The smallest absolute Gasteiger partial charge is 0.136 e. The van der Waals surface area contributed by atoms with Crippen molar-refractivity contribution < 1.29 is 4.74 Å². The van der Waals surface area contributed by atoms with Gasteiger partial charge in [-0.15, -0.1) is 0 Å². The summed E-state index contributed by atoms with van der Waals surface area (Å²) in [7, 11) is 1.73. The number of piperidine rings is 1. The normalized spacial score (nSPS) is 22.7. The molecular weight excluding hydrogens is 336 g/mol. The number of ether oxygens (including phenoxy) is 1. The van der Waals surface area contributed by atoms with Crippen molar-refractivity contribution in [1.29, 1.82) is 0 Å². The lowest BCUT2D eigenvalue weighted by molar-refractivity contribution is 0.181. The van der Waals surface area contributed by atoms with E-state index < -0.39 is 0 Å². The Labute approximate surface area is 165 Å². The van der Waals surface area contributed by atoms with Crippen LogP contribution in [-0.4, -0.2) is 54.7 Å². The second-order valence-electron chi connectivity index (χ2n) is 9.39. The number of aromatic nitrogens is 2. The zero-order valence-corrected chi connectivity index (χ0v) is 17.8. The minimum atomic E-state index is -0.0558. The van der Waals surface area contributed by atoms with Gasteiger partial charge in [-0.05, 0) is 44.7 Å². The number of nitrogens with zero attached hydrogens (tertiary/aromatic N) is 4. The van der Waals surface area contributed by atoms with Crippen LogP contribution in [0.15, 0.2) is 6.07 Å². The molecule has 2 saturated heterocycles. The molecule has 1 atom stereocenters. The maximum atomic E-state index is 5.36. The van der Waals surface area contributed by atoms with Gasteiger partial charge in [0, 0.05) is 38.2 Å². The molecule has 0 amide bonds. The summed E-state index contributed by atoms with van der Waals surface area (Å²) in [6.45, 7) is 13.1. The Kier molecular flexibility index (Phi) is 7.10. The summed E-state index contributed by atoms with van der Waals surface area (Å²) in [4.78, 5) is 14.9. The van der Waals surface area contributed by atoms with Gasteiger partial charge in [0.1, 0.15) is 11.6 Å². The van der Waals surface area contributed by atoms with Crippen LogP contribution in [0, 0.1) is 5.92 Å². The molecule has 0 N–H and O–H groups in total. The SMILES string of the molecule is COCc1cc(N2CCCC(CN3CCCCCC3)C2)nc(C(C)(C)C)n1. The molecule has 5 heteroatoms. The predicted octanol–water partition coefficient (Wildman–Crippen LogP) is 4.01. The second kappa shape index (κ2) is 9.33. The highest BCUT2D eigenvalue weighted by atomic mass is 16.5. The van der Waals surface area contributed by atoms with Crippen molar-refractivity contribution in [3.63, 3.8) is 0 Å². The molecule has 0 aromatic carbocycles. The van der Waals surface area contributed by atoms with E-state index in [1.54, 1.807) is 7.11 Å². The summed E-state index contributed by atoms with van der Waals surface area (Å²) < 4.78 is 5.36. The maximum absolute atomic E-state index is 5.36. The molecule has 27 heavy (non-hydrogen) atoms. The van der Waals surface area contributed by atoms with Gasteiger partial charge in [-0.3, -0.25) is 0 Å². The van der Waals surface area contributed by atoms with Crippen molar-refractivity contribution >= 4 is 5.82 Å². The van der Waals surface area contributed by atoms with Crippen LogP contribution in [0.1, 0.15) is 70.8 Å². The van der Waals surface area contributed by atoms with Crippen LogP contribution in [0.2, 0.25) is 0 Å². The van der Waals surface area contributed by atoms with Crippen LogP contribution in [0.5, 0.6) is 0 Å². The zero-order valence-electron chi connectivity index (χ0n) is 17.8. The van der Waals surface area contributed by atoms with Crippen LogP contribution in [0.4, 0.5) is 5.82 Å². The van der Waals surface area contributed by atoms with Gasteiger partial charge in [-0.1, -0.05) is 33.6 Å². The Balaban J connectivity index is 1.71. The van der Waals surface area contributed by atoms with E-state index >= 15 is 0 Å². The average molecular weight is 375 g/mol. The number of anilines is 1. The van der Waals surface area contributed by atoms with Crippen LogP contribution in [0.3, 0.4) is 0 Å². The van der Waals surface area contributed by atoms with Gasteiger partial charge < -0.3 is 14.5 Å². The third kappa shape index (κ3) is 5.89. The van der Waals surface area contributed by atoms with Gasteiger partial charge in [0.15, 0.2) is 0 Å². The molecule has 1 aromatic heterocycles. The molecule has 5 nitrogen and oxygen atoms in total. The molecule has 3 heterocycles. The second-order valence-corrected chi connectivity index (χ2v) is 9.39. The molecule has 3 rings (SSSR count). The highest BCUT2D eigenvalue weighted by Gasteiger charge is 2.26. The zero-order chi connectivity index (χ0) is 19.3. The Morgan fingerprint density at radius 2 is 1.78 bits per heavy atom. The first-order chi connectivity index (χ1) is 13.0. The summed E-state index contributed by atoms with van der Waals surface area (Å²) in [6.07, 6.45) is 8.16. The molecule has 152 valence electrons. The van der Waals surface area contributed by atoms with Crippen molar-refractivity contribution in [2.75, 3.05) is 44.7 Å². The molecule has 2 fully saturated rings. The van der Waals surface area contributed by atoms with Crippen LogP contribution >= 0.6 is 0 Å². The van der Waals surface area contributed by atoms with Crippen molar-refractivity contribution in [2.45, 2.75) is 71.3 Å². The number of hydrogen-bond donors (Lipinski definition) is 0. The summed E-state index contributed by atoms with van der Waals surface area (Å²) >= 11 is 0. The highest BCUT2D eigenvalue weighted by molar-refractivity contribution is 5.41. The third-order valence-electron chi connectivity index (χ3n) is 5.79. The Hall–Kier alpha value is -1.20. The topological polar surface area (TPSA) is 41.5 Å². The lowest BCUT2D eigenvalue weighted by Crippen LogP contribution is -2.42. The fourth-order valence-corrected chi connectivity index (χ4v) is 4.31. The van der Waals surface area contributed by atoms with Crippen molar-refractivity contribution in [3.05, 3.63) is 17.6 Å². The van der Waals surface area contributed by atoms with Gasteiger partial charge in [-0.25, -0.2) is 9.97 Å². The van der Waals surface area contributed by atoms with Crippen molar-refractivity contribution in [2.24, 2.45) is 5.92 Å². The van der Waals surface area contributed by atoms with Gasteiger partial charge in [0.25, 0.3) is 0 Å². The summed E-state index contributed by atoms with van der Waals surface area (Å²) in [5.74, 6) is 2.75. The summed E-state index contributed by atoms with van der Waals surface area (Å²) in [6, 6.07) is 2.13. The van der Waals surface area contributed by atoms with E-state index in [0.29, 0.717) is 6.61 Å². The standard InChI is InChI=1S/C22H38N4O/c1-22(2,3)21-23-19(17-27-4)14-20(24-21)26-13-9-10-18(16-26)15-25-11-7-5-6-8-12-25/h14,18H,5-13,15-17H2,1-4H3. The quantitative estimate of drug-likeness (QED) is 0.779. The molecule has 1 aromatic rings. The van der Waals surface area contributed by atoms with E-state index in [1.807, 2.05) is 0 Å². The first kappa shape index (κ1) is 20.5. The summed E-state index contributed by atoms with van der Waals surface area (Å²) in [5, 5.41) is 0. The molecule has 1 unspecified atom stereocenters. The van der Waals surface area contributed by atoms with Crippen molar-refractivity contribution in [1.82, 2.24) is 14.9 Å². The molecule has 0 saturated carbocycles. The molecule has 0 bridgehead atoms. The lowest BCUT2D eigenvalue weighted by Gasteiger charge is -2.36. The molecule has 0 aliphatic carbocycles. The largest absolute Gasteiger partial charge is 0.378 e. The van der Waals surface area contributed by atoms with E-state index in [9.17, 15) is 0 Å². The van der Waals surface area contributed by atoms with Gasteiger partial charge in [-0.2, -0.15) is 0 Å². The number of hydrogen-bond acceptors (Lipinski definition) is 5. The number of rotatable bonds is 5. The molecule has 2 aliphatic heterocycles. The Morgan fingerprint density at radius 1 is 1.04 bits per heavy atom. The maximum Gasteiger partial charge on any atom is 0.136 e. The highest BCUT2D eigenvalue weighted by Crippen LogP contribution is 2.27. The third-order valence-corrected chi connectivity index (χ3v) is 5.79. The van der Waals surface area contributed by atoms with E-state index in [4.69, 9.17) is 14.7 Å². The van der Waals surface area contributed by atoms with Crippen LogP contribution < -0.4 is 4.90 Å². The van der Waals surface area contributed by atoms with Gasteiger partial charge in [0.05, 0.1) is 12.3 Å². The van der Waals surface area contributed by atoms with E-state index in [0.717, 1.165) is 36.3 Å².